The first kappa shape index (κ1) is 18.6. The predicted octanol–water partition coefficient (Wildman–Crippen LogP) is 0.387. The molecule has 1 heterocycles. The topological polar surface area (TPSA) is 81.4 Å². The first-order valence-corrected chi connectivity index (χ1v) is 8.69. The Morgan fingerprint density at radius 1 is 1.05 bits per heavy atom. The van der Waals surface area contributed by atoms with Crippen LogP contribution in [0, 0.1) is 11.8 Å². The Balaban J connectivity index is 3.50. The highest BCUT2D eigenvalue weighted by atomic mass is 32.2. The van der Waals surface area contributed by atoms with E-state index in [0.29, 0.717) is 13.1 Å². The molecule has 126 valence electrons. The molecule has 1 rings (SSSR count). The molecule has 0 aromatic carbocycles. The molecule has 0 N–H and O–H groups in total. The molecule has 0 atom stereocenters. The van der Waals surface area contributed by atoms with Crippen LogP contribution in [0.1, 0.15) is 27.7 Å². The van der Waals surface area contributed by atoms with Gasteiger partial charge in [0.05, 0.1) is 0 Å². The van der Waals surface area contributed by atoms with Crippen molar-refractivity contribution in [3.8, 4) is 0 Å². The number of hydrogen-bond acceptors (Lipinski definition) is 4. The van der Waals surface area contributed by atoms with Crippen LogP contribution in [-0.4, -0.2) is 34.9 Å². The van der Waals surface area contributed by atoms with Crippen molar-refractivity contribution in [1.29, 1.82) is 0 Å². The fraction of sp³-hybridized carbons (Fsp3) is 0.714. The first-order chi connectivity index (χ1) is 9.98. The van der Waals surface area contributed by atoms with Gasteiger partial charge in [0.1, 0.15) is 0 Å². The van der Waals surface area contributed by atoms with Gasteiger partial charge in [0.25, 0.3) is 5.56 Å². The van der Waals surface area contributed by atoms with Gasteiger partial charge in [-0.25, -0.2) is 13.2 Å². The highest BCUT2D eigenvalue weighted by Gasteiger charge is 2.29. The van der Waals surface area contributed by atoms with E-state index in [2.05, 4.69) is 0 Å². The van der Waals surface area contributed by atoms with E-state index < -0.39 is 21.3 Å². The van der Waals surface area contributed by atoms with Gasteiger partial charge in [0, 0.05) is 33.4 Å². The predicted molar refractivity (Wildman–Crippen MR) is 85.4 cm³/mol. The van der Waals surface area contributed by atoms with Gasteiger partial charge >= 0.3 is 5.69 Å². The van der Waals surface area contributed by atoms with Crippen molar-refractivity contribution in [2.24, 2.45) is 25.9 Å². The Hall–Kier alpha value is -1.41. The van der Waals surface area contributed by atoms with E-state index in [-0.39, 0.29) is 16.7 Å². The lowest BCUT2D eigenvalue weighted by Gasteiger charge is -2.25. The smallest absolute Gasteiger partial charge is 0.302 e. The molecule has 0 amide bonds. The third kappa shape index (κ3) is 3.86. The molecule has 8 heteroatoms. The number of aryl methyl sites for hydroxylation is 1. The summed E-state index contributed by atoms with van der Waals surface area (Å²) in [6.07, 6.45) is 1.10. The molecular formula is C14H25N3O4S. The summed E-state index contributed by atoms with van der Waals surface area (Å²) in [6, 6.07) is 0. The van der Waals surface area contributed by atoms with Gasteiger partial charge in [-0.15, -0.1) is 0 Å². The van der Waals surface area contributed by atoms with Crippen molar-refractivity contribution >= 4 is 10.0 Å². The molecule has 0 spiro atoms. The summed E-state index contributed by atoms with van der Waals surface area (Å²) < 4.78 is 28.9. The van der Waals surface area contributed by atoms with E-state index in [4.69, 9.17) is 0 Å². The van der Waals surface area contributed by atoms with E-state index in [9.17, 15) is 18.0 Å². The maximum atomic E-state index is 12.8. The largest absolute Gasteiger partial charge is 0.330 e. The van der Waals surface area contributed by atoms with Gasteiger partial charge in [0.15, 0.2) is 4.90 Å². The maximum Gasteiger partial charge on any atom is 0.330 e. The molecule has 1 aromatic heterocycles. The van der Waals surface area contributed by atoms with Crippen LogP contribution in [0.3, 0.4) is 0 Å². The van der Waals surface area contributed by atoms with E-state index in [1.165, 1.54) is 18.4 Å². The SMILES string of the molecule is CC(C)CN(CC(C)C)S(=O)(=O)c1cn(C)c(=O)n(C)c1=O. The summed E-state index contributed by atoms with van der Waals surface area (Å²) in [7, 11) is -1.24. The minimum Gasteiger partial charge on any atom is -0.302 e. The van der Waals surface area contributed by atoms with Crippen LogP contribution < -0.4 is 11.2 Å². The van der Waals surface area contributed by atoms with E-state index in [1.807, 2.05) is 27.7 Å². The molecule has 0 saturated heterocycles. The quantitative estimate of drug-likeness (QED) is 0.755. The number of aromatic nitrogens is 2. The van der Waals surface area contributed by atoms with Gasteiger partial charge in [-0.05, 0) is 11.8 Å². The Labute approximate surface area is 131 Å². The second-order valence-electron chi connectivity index (χ2n) is 6.36. The maximum absolute atomic E-state index is 12.8. The summed E-state index contributed by atoms with van der Waals surface area (Å²) in [4.78, 5) is 23.6. The molecule has 7 nitrogen and oxygen atoms in total. The molecule has 0 bridgehead atoms. The molecule has 0 fully saturated rings. The Morgan fingerprint density at radius 3 is 1.91 bits per heavy atom. The summed E-state index contributed by atoms with van der Waals surface area (Å²) in [5.41, 5.74) is -1.34. The second kappa shape index (κ2) is 6.78. The fourth-order valence-corrected chi connectivity index (χ4v) is 4.09. The summed E-state index contributed by atoms with van der Waals surface area (Å²) in [5, 5.41) is 0. The Bertz CT molecular complexity index is 734. The van der Waals surface area contributed by atoms with Gasteiger partial charge in [-0.1, -0.05) is 27.7 Å². The second-order valence-corrected chi connectivity index (χ2v) is 8.27. The van der Waals surface area contributed by atoms with Crippen LogP contribution in [0.5, 0.6) is 0 Å². The summed E-state index contributed by atoms with van der Waals surface area (Å²) >= 11 is 0. The normalized spacial score (nSPS) is 12.6. The lowest BCUT2D eigenvalue weighted by molar-refractivity contribution is 0.332. The Kier molecular flexibility index (Phi) is 5.75. The lowest BCUT2D eigenvalue weighted by Crippen LogP contribution is -2.44. The summed E-state index contributed by atoms with van der Waals surface area (Å²) in [6.45, 7) is 8.33. The number of rotatable bonds is 6. The third-order valence-corrected chi connectivity index (χ3v) is 4.98. The zero-order valence-corrected chi connectivity index (χ0v) is 14.8. The van der Waals surface area contributed by atoms with Crippen molar-refractivity contribution in [3.63, 3.8) is 0 Å². The highest BCUT2D eigenvalue weighted by Crippen LogP contribution is 2.15. The van der Waals surface area contributed by atoms with Crippen molar-refractivity contribution in [1.82, 2.24) is 13.4 Å². The van der Waals surface area contributed by atoms with Crippen molar-refractivity contribution < 1.29 is 8.42 Å². The van der Waals surface area contributed by atoms with Crippen LogP contribution in [0.15, 0.2) is 20.7 Å². The van der Waals surface area contributed by atoms with Crippen molar-refractivity contribution in [2.75, 3.05) is 13.1 Å². The Morgan fingerprint density at radius 2 is 1.50 bits per heavy atom. The lowest BCUT2D eigenvalue weighted by atomic mass is 10.2. The number of hydrogen-bond donors (Lipinski definition) is 0. The zero-order valence-electron chi connectivity index (χ0n) is 14.0. The van der Waals surface area contributed by atoms with Gasteiger partial charge in [-0.3, -0.25) is 9.36 Å². The molecule has 0 aliphatic rings. The van der Waals surface area contributed by atoms with Crippen molar-refractivity contribution in [2.45, 2.75) is 32.6 Å². The average molecular weight is 331 g/mol. The van der Waals surface area contributed by atoms with Crippen LogP contribution in [-0.2, 0) is 24.1 Å². The molecular weight excluding hydrogens is 306 g/mol. The van der Waals surface area contributed by atoms with Crippen LogP contribution >= 0.6 is 0 Å². The average Bonchev–Trinajstić information content (AvgIpc) is 2.38. The zero-order chi connectivity index (χ0) is 17.2. The minimum atomic E-state index is -3.94. The van der Waals surface area contributed by atoms with Crippen LogP contribution in [0.4, 0.5) is 0 Å². The highest BCUT2D eigenvalue weighted by molar-refractivity contribution is 7.89. The van der Waals surface area contributed by atoms with Crippen LogP contribution in [0.25, 0.3) is 0 Å². The molecule has 0 unspecified atom stereocenters. The third-order valence-electron chi connectivity index (χ3n) is 3.17. The van der Waals surface area contributed by atoms with Gasteiger partial charge < -0.3 is 4.57 Å². The molecule has 0 radical (unpaired) electrons. The first-order valence-electron chi connectivity index (χ1n) is 7.25. The monoisotopic (exact) mass is 331 g/mol. The van der Waals surface area contributed by atoms with Gasteiger partial charge in [-0.2, -0.15) is 4.31 Å². The molecule has 1 aromatic rings. The van der Waals surface area contributed by atoms with Gasteiger partial charge in [0.2, 0.25) is 10.0 Å². The van der Waals surface area contributed by atoms with Crippen molar-refractivity contribution in [3.05, 3.63) is 27.0 Å². The fourth-order valence-electron chi connectivity index (χ4n) is 2.18. The van der Waals surface area contributed by atoms with E-state index in [1.54, 1.807) is 0 Å². The number of sulfonamides is 1. The minimum absolute atomic E-state index is 0.130. The standard InChI is InChI=1S/C14H25N3O4S/c1-10(2)7-17(8-11(3)4)22(20,21)12-9-15(5)14(19)16(6)13(12)18/h9-11H,7-8H2,1-6H3. The molecule has 0 saturated carbocycles. The molecule has 22 heavy (non-hydrogen) atoms. The van der Waals surface area contributed by atoms with E-state index >= 15 is 0 Å². The molecule has 0 aliphatic heterocycles. The van der Waals surface area contributed by atoms with Crippen LogP contribution in [0.2, 0.25) is 0 Å². The number of nitrogens with zero attached hydrogens (tertiary/aromatic N) is 3. The summed E-state index contributed by atoms with van der Waals surface area (Å²) in [5.74, 6) is 0.259. The van der Waals surface area contributed by atoms with E-state index in [0.717, 1.165) is 15.3 Å². The molecule has 0 aliphatic carbocycles.